The maximum atomic E-state index is 11.3. The molecule has 0 spiro atoms. The molecule has 28 heavy (non-hydrogen) atoms. The third-order valence-electron chi connectivity index (χ3n) is 3.93. The normalized spacial score (nSPS) is 11.6. The van der Waals surface area contributed by atoms with Gasteiger partial charge in [-0.05, 0) is 12.8 Å². The molecule has 0 aromatic carbocycles. The molecule has 0 saturated heterocycles. The van der Waals surface area contributed by atoms with E-state index < -0.39 is 88.0 Å². The molecule has 0 aromatic heterocycles. The maximum absolute atomic E-state index is 11.3. The molecule has 0 radical (unpaired) electrons. The van der Waals surface area contributed by atoms with Crippen molar-refractivity contribution < 1.29 is 34.9 Å². The van der Waals surface area contributed by atoms with Gasteiger partial charge >= 0.3 is 11.3 Å². The van der Waals surface area contributed by atoms with Crippen molar-refractivity contribution in [3.05, 3.63) is 50.6 Å². The summed E-state index contributed by atoms with van der Waals surface area (Å²) in [5, 5.41) is 72.1. The SMILES string of the molecule is O=[N+]([O-])N(CC(CCCO)([N+](=O)[O-])[N+](=O)[O-])CC(CCCO)([N+](=O)[O-])[N+](=O)[O-]. The van der Waals surface area contributed by atoms with Gasteiger partial charge in [0.05, 0.1) is 12.8 Å². The number of nitrogens with zero attached hydrogens (tertiary/aromatic N) is 6. The molecule has 18 heteroatoms. The maximum Gasteiger partial charge on any atom is 0.481 e. The average molecular weight is 414 g/mol. The van der Waals surface area contributed by atoms with Gasteiger partial charge in [0.2, 0.25) is 13.1 Å². The van der Waals surface area contributed by atoms with Gasteiger partial charge < -0.3 is 10.2 Å². The molecule has 2 N–H and O–H groups in total. The number of hydrazine groups is 1. The molecule has 160 valence electrons. The quantitative estimate of drug-likeness (QED) is 0.176. The van der Waals surface area contributed by atoms with Crippen molar-refractivity contribution in [1.82, 2.24) is 5.01 Å². The summed E-state index contributed by atoms with van der Waals surface area (Å²) >= 11 is 0. The van der Waals surface area contributed by atoms with Crippen LogP contribution in [0.5, 0.6) is 0 Å². The van der Waals surface area contributed by atoms with E-state index in [0.717, 1.165) is 0 Å². The van der Waals surface area contributed by atoms with E-state index in [1.807, 2.05) is 0 Å². The fraction of sp³-hybridized carbons (Fsp3) is 1.00. The van der Waals surface area contributed by atoms with Gasteiger partial charge in [-0.25, -0.2) is 10.1 Å². The highest BCUT2D eigenvalue weighted by Gasteiger charge is 2.64. The van der Waals surface area contributed by atoms with Crippen LogP contribution < -0.4 is 0 Å². The second-order valence-corrected chi connectivity index (χ2v) is 5.71. The van der Waals surface area contributed by atoms with E-state index in [1.54, 1.807) is 0 Å². The number of hydrogen-bond donors (Lipinski definition) is 2. The van der Waals surface area contributed by atoms with Crippen LogP contribution in [0.4, 0.5) is 0 Å². The van der Waals surface area contributed by atoms with Gasteiger partial charge in [-0.3, -0.25) is 40.5 Å². The number of aliphatic hydroxyl groups is 2. The molecule has 0 heterocycles. The van der Waals surface area contributed by atoms with Crippen LogP contribution in [0.3, 0.4) is 0 Å². The lowest BCUT2D eigenvalue weighted by Crippen LogP contribution is -2.61. The van der Waals surface area contributed by atoms with Crippen molar-refractivity contribution in [1.29, 1.82) is 0 Å². The lowest BCUT2D eigenvalue weighted by molar-refractivity contribution is -0.827. The number of hydrogen-bond acceptors (Lipinski definition) is 12. The van der Waals surface area contributed by atoms with Crippen LogP contribution >= 0.6 is 0 Å². The Morgan fingerprint density at radius 1 is 0.643 bits per heavy atom. The minimum atomic E-state index is -3.23. The van der Waals surface area contributed by atoms with E-state index in [2.05, 4.69) is 0 Å². The zero-order valence-electron chi connectivity index (χ0n) is 14.3. The van der Waals surface area contributed by atoms with E-state index in [-0.39, 0.29) is 5.01 Å². The number of nitro groups is 5. The molecule has 0 aromatic rings. The van der Waals surface area contributed by atoms with Gasteiger partial charge in [0.25, 0.3) is 0 Å². The Labute approximate surface area is 155 Å². The fourth-order valence-corrected chi connectivity index (χ4v) is 2.37. The molecular formula is C10H18N6O12. The Balaban J connectivity index is 6.12. The second kappa shape index (κ2) is 10.2. The van der Waals surface area contributed by atoms with Crippen LogP contribution in [0.1, 0.15) is 25.7 Å². The third kappa shape index (κ3) is 5.36. The van der Waals surface area contributed by atoms with Crippen molar-refractivity contribution in [3.8, 4) is 0 Å². The highest BCUT2D eigenvalue weighted by Crippen LogP contribution is 2.25. The van der Waals surface area contributed by atoms with Gasteiger partial charge in [0.15, 0.2) is 5.03 Å². The van der Waals surface area contributed by atoms with Crippen molar-refractivity contribution in [2.75, 3.05) is 26.3 Å². The van der Waals surface area contributed by atoms with Crippen LogP contribution in [0.25, 0.3) is 0 Å². The van der Waals surface area contributed by atoms with E-state index in [4.69, 9.17) is 10.2 Å². The predicted molar refractivity (Wildman–Crippen MR) is 84.6 cm³/mol. The van der Waals surface area contributed by atoms with E-state index in [0.29, 0.717) is 0 Å². The molecule has 0 fully saturated rings. The average Bonchev–Trinajstić information content (AvgIpc) is 2.59. The lowest BCUT2D eigenvalue weighted by Gasteiger charge is -2.23. The Morgan fingerprint density at radius 2 is 0.929 bits per heavy atom. The van der Waals surface area contributed by atoms with E-state index >= 15 is 0 Å². The third-order valence-corrected chi connectivity index (χ3v) is 3.93. The van der Waals surface area contributed by atoms with Crippen LogP contribution in [0, 0.1) is 50.6 Å². The summed E-state index contributed by atoms with van der Waals surface area (Å²) in [7, 11) is 0. The van der Waals surface area contributed by atoms with Crippen molar-refractivity contribution in [2.24, 2.45) is 0 Å². The molecule has 0 atom stereocenters. The zero-order valence-corrected chi connectivity index (χ0v) is 14.3. The summed E-state index contributed by atoms with van der Waals surface area (Å²) in [6.45, 7) is -4.68. The summed E-state index contributed by atoms with van der Waals surface area (Å²) in [5.41, 5.74) is -6.46. The Morgan fingerprint density at radius 3 is 1.11 bits per heavy atom. The minimum absolute atomic E-state index is 0.327. The standard InChI is InChI=1S/C10H18N6O12/c17-5-1-3-9(12(19)20,13(21)22)7-11(16(27)28)8-10(14(23)24,15(25)26)4-2-6-18/h17-18H,1-8H2. The van der Waals surface area contributed by atoms with Gasteiger partial charge in [0, 0.05) is 13.2 Å². The molecular weight excluding hydrogens is 396 g/mol. The molecule has 0 unspecified atom stereocenters. The smallest absolute Gasteiger partial charge is 0.396 e. The summed E-state index contributed by atoms with van der Waals surface area (Å²) in [6.07, 6.45) is -2.91. The van der Waals surface area contributed by atoms with Gasteiger partial charge in [0.1, 0.15) is 19.7 Å². The fourth-order valence-electron chi connectivity index (χ4n) is 2.37. The Bertz CT molecular complexity index is 552. The van der Waals surface area contributed by atoms with Crippen LogP contribution in [0.2, 0.25) is 0 Å². The predicted octanol–water partition coefficient (Wildman–Crippen LogP) is -1.48. The zero-order chi connectivity index (χ0) is 22.1. The molecule has 0 aliphatic rings. The lowest BCUT2D eigenvalue weighted by atomic mass is 10.0. The first kappa shape index (κ1) is 24.7. The molecule has 0 aliphatic carbocycles. The summed E-state index contributed by atoms with van der Waals surface area (Å²) in [4.78, 5) is 50.5. The molecule has 0 amide bonds. The monoisotopic (exact) mass is 414 g/mol. The number of aliphatic hydroxyl groups excluding tert-OH is 2. The first-order chi connectivity index (χ1) is 12.9. The second-order valence-electron chi connectivity index (χ2n) is 5.71. The van der Waals surface area contributed by atoms with Crippen LogP contribution in [0.15, 0.2) is 0 Å². The molecule has 0 bridgehead atoms. The summed E-state index contributed by atoms with van der Waals surface area (Å²) in [5.74, 6) is 0. The first-order valence-corrected chi connectivity index (χ1v) is 7.60. The van der Waals surface area contributed by atoms with Gasteiger partial charge in [-0.2, -0.15) is 0 Å². The van der Waals surface area contributed by atoms with Crippen molar-refractivity contribution in [2.45, 2.75) is 37.0 Å². The van der Waals surface area contributed by atoms with E-state index in [1.165, 1.54) is 0 Å². The summed E-state index contributed by atoms with van der Waals surface area (Å²) < 4.78 is 0. The van der Waals surface area contributed by atoms with Gasteiger partial charge in [-0.15, -0.1) is 0 Å². The van der Waals surface area contributed by atoms with Crippen molar-refractivity contribution >= 4 is 0 Å². The summed E-state index contributed by atoms with van der Waals surface area (Å²) in [6, 6.07) is 0. The molecule has 0 aliphatic heterocycles. The minimum Gasteiger partial charge on any atom is -0.396 e. The largest absolute Gasteiger partial charge is 0.481 e. The number of rotatable bonds is 15. The molecule has 0 saturated carbocycles. The molecule has 0 rings (SSSR count). The highest BCUT2D eigenvalue weighted by molar-refractivity contribution is 4.76. The Hall–Kier alpha value is -3.28. The van der Waals surface area contributed by atoms with Crippen LogP contribution in [-0.4, -0.2) is 77.6 Å². The first-order valence-electron chi connectivity index (χ1n) is 7.60. The van der Waals surface area contributed by atoms with Crippen LogP contribution in [-0.2, 0) is 0 Å². The topological polar surface area (TPSA) is 259 Å². The van der Waals surface area contributed by atoms with Gasteiger partial charge in [-0.1, -0.05) is 5.01 Å². The highest BCUT2D eigenvalue weighted by atomic mass is 16.7. The Kier molecular flexibility index (Phi) is 8.97. The van der Waals surface area contributed by atoms with E-state index in [9.17, 15) is 50.6 Å². The van der Waals surface area contributed by atoms with Crippen molar-refractivity contribution in [3.63, 3.8) is 0 Å². The molecule has 18 nitrogen and oxygen atoms in total.